The van der Waals surface area contributed by atoms with Gasteiger partial charge in [0, 0.05) is 19.1 Å². The maximum atomic E-state index is 11.3. The first kappa shape index (κ1) is 18.9. The predicted molar refractivity (Wildman–Crippen MR) is 93.1 cm³/mol. The van der Waals surface area contributed by atoms with Gasteiger partial charge in [-0.2, -0.15) is 0 Å². The van der Waals surface area contributed by atoms with Gasteiger partial charge in [-0.05, 0) is 52.0 Å². The van der Waals surface area contributed by atoms with Crippen molar-refractivity contribution in [2.24, 2.45) is 16.6 Å². The summed E-state index contributed by atoms with van der Waals surface area (Å²) in [7, 11) is 0. The Balaban J connectivity index is 2.34. The molecule has 1 saturated heterocycles. The number of piperidine rings is 1. The van der Waals surface area contributed by atoms with Crippen molar-refractivity contribution in [1.82, 2.24) is 10.2 Å². The lowest BCUT2D eigenvalue weighted by Gasteiger charge is -2.33. The molecule has 0 aliphatic carbocycles. The zero-order chi connectivity index (χ0) is 16.6. The Labute approximate surface area is 135 Å². The SMILES string of the molecule is CC(C)CC(C)(C=O)NC(N)=NCCCN1CCCCC1C. The van der Waals surface area contributed by atoms with Crippen molar-refractivity contribution in [2.75, 3.05) is 19.6 Å². The summed E-state index contributed by atoms with van der Waals surface area (Å²) in [5.41, 5.74) is 5.30. The smallest absolute Gasteiger partial charge is 0.189 e. The van der Waals surface area contributed by atoms with Crippen LogP contribution in [-0.2, 0) is 4.79 Å². The van der Waals surface area contributed by atoms with Crippen LogP contribution in [0, 0.1) is 5.92 Å². The summed E-state index contributed by atoms with van der Waals surface area (Å²) >= 11 is 0. The fourth-order valence-electron chi connectivity index (χ4n) is 3.27. The average Bonchev–Trinajstić information content (AvgIpc) is 2.44. The number of aldehydes is 1. The van der Waals surface area contributed by atoms with E-state index in [1.165, 1.54) is 25.8 Å². The third kappa shape index (κ3) is 6.77. The lowest BCUT2D eigenvalue weighted by atomic mass is 9.92. The minimum Gasteiger partial charge on any atom is -0.370 e. The molecule has 5 nitrogen and oxygen atoms in total. The van der Waals surface area contributed by atoms with Crippen LogP contribution in [0.15, 0.2) is 4.99 Å². The van der Waals surface area contributed by atoms with E-state index in [0.717, 1.165) is 25.7 Å². The van der Waals surface area contributed by atoms with Gasteiger partial charge >= 0.3 is 0 Å². The highest BCUT2D eigenvalue weighted by Gasteiger charge is 2.25. The molecule has 1 rings (SSSR count). The maximum Gasteiger partial charge on any atom is 0.189 e. The molecule has 5 heteroatoms. The zero-order valence-electron chi connectivity index (χ0n) is 14.8. The van der Waals surface area contributed by atoms with Crippen molar-refractivity contribution < 1.29 is 4.79 Å². The minimum atomic E-state index is -0.622. The second-order valence-corrected chi connectivity index (χ2v) is 7.26. The van der Waals surface area contributed by atoms with E-state index < -0.39 is 5.54 Å². The van der Waals surface area contributed by atoms with Crippen molar-refractivity contribution in [1.29, 1.82) is 0 Å². The molecular weight excluding hydrogens is 276 g/mol. The first-order valence-electron chi connectivity index (χ1n) is 8.65. The van der Waals surface area contributed by atoms with Crippen LogP contribution in [-0.4, -0.2) is 48.4 Å². The highest BCUT2D eigenvalue weighted by molar-refractivity contribution is 5.82. The molecule has 0 radical (unpaired) electrons. The van der Waals surface area contributed by atoms with Crippen LogP contribution in [0.4, 0.5) is 0 Å². The average molecular weight is 310 g/mol. The van der Waals surface area contributed by atoms with Crippen LogP contribution < -0.4 is 11.1 Å². The summed E-state index contributed by atoms with van der Waals surface area (Å²) in [5.74, 6) is 0.804. The monoisotopic (exact) mass is 310 g/mol. The van der Waals surface area contributed by atoms with E-state index in [9.17, 15) is 4.79 Å². The fourth-order valence-corrected chi connectivity index (χ4v) is 3.27. The van der Waals surface area contributed by atoms with Gasteiger partial charge in [0.1, 0.15) is 6.29 Å². The van der Waals surface area contributed by atoms with Crippen LogP contribution in [0.3, 0.4) is 0 Å². The molecular formula is C17H34N4O. The second-order valence-electron chi connectivity index (χ2n) is 7.26. The number of hydrogen-bond donors (Lipinski definition) is 2. The normalized spacial score (nSPS) is 23.3. The molecule has 0 aromatic heterocycles. The molecule has 1 heterocycles. The van der Waals surface area contributed by atoms with E-state index >= 15 is 0 Å². The molecule has 0 amide bonds. The third-order valence-electron chi connectivity index (χ3n) is 4.33. The lowest BCUT2D eigenvalue weighted by Crippen LogP contribution is -2.51. The van der Waals surface area contributed by atoms with E-state index in [2.05, 4.69) is 36.0 Å². The second kappa shape index (κ2) is 9.13. The van der Waals surface area contributed by atoms with Gasteiger partial charge in [0.15, 0.2) is 5.96 Å². The highest BCUT2D eigenvalue weighted by Crippen LogP contribution is 2.16. The van der Waals surface area contributed by atoms with Crippen LogP contribution in [0.1, 0.15) is 59.8 Å². The molecule has 0 spiro atoms. The molecule has 2 atom stereocenters. The van der Waals surface area contributed by atoms with Gasteiger partial charge in [0.05, 0.1) is 5.54 Å². The first-order chi connectivity index (χ1) is 10.4. The molecule has 0 bridgehead atoms. The highest BCUT2D eigenvalue weighted by atomic mass is 16.1. The summed E-state index contributed by atoms with van der Waals surface area (Å²) in [5, 5.41) is 3.07. The number of nitrogens with one attached hydrogen (secondary N) is 1. The quantitative estimate of drug-likeness (QED) is 0.312. The van der Waals surface area contributed by atoms with Crippen molar-refractivity contribution >= 4 is 12.2 Å². The van der Waals surface area contributed by atoms with Crippen LogP contribution in [0.5, 0.6) is 0 Å². The minimum absolute atomic E-state index is 0.377. The standard InChI is InChI=1S/C17H34N4O/c1-14(2)12-17(4,13-22)20-16(18)19-9-7-11-21-10-6-5-8-15(21)3/h13-15H,5-12H2,1-4H3,(H3,18,19,20). The van der Waals surface area contributed by atoms with Gasteiger partial charge in [-0.1, -0.05) is 20.3 Å². The number of nitrogens with two attached hydrogens (primary N) is 1. The number of hydrogen-bond acceptors (Lipinski definition) is 3. The van der Waals surface area contributed by atoms with E-state index in [-0.39, 0.29) is 0 Å². The van der Waals surface area contributed by atoms with E-state index in [1.807, 2.05) is 6.92 Å². The summed E-state index contributed by atoms with van der Waals surface area (Å²) in [6, 6.07) is 0.692. The van der Waals surface area contributed by atoms with Crippen molar-refractivity contribution in [3.8, 4) is 0 Å². The summed E-state index contributed by atoms with van der Waals surface area (Å²) in [6.45, 7) is 11.4. The largest absolute Gasteiger partial charge is 0.370 e. The molecule has 1 fully saturated rings. The number of aliphatic imine (C=N–C) groups is 1. The molecule has 0 saturated carbocycles. The van der Waals surface area contributed by atoms with Crippen molar-refractivity contribution in [2.45, 2.75) is 71.4 Å². The van der Waals surface area contributed by atoms with E-state index in [1.54, 1.807) is 0 Å². The van der Waals surface area contributed by atoms with Gasteiger partial charge in [-0.25, -0.2) is 0 Å². The Bertz CT molecular complexity index is 370. The topological polar surface area (TPSA) is 70.7 Å². The van der Waals surface area contributed by atoms with Gasteiger partial charge in [0.25, 0.3) is 0 Å². The molecule has 128 valence electrons. The predicted octanol–water partition coefficient (Wildman–Crippen LogP) is 2.16. The number of carbonyl (C=O) groups excluding carboxylic acids is 1. The van der Waals surface area contributed by atoms with Crippen LogP contribution in [0.25, 0.3) is 0 Å². The van der Waals surface area contributed by atoms with Gasteiger partial charge in [-0.3, -0.25) is 4.99 Å². The fraction of sp³-hybridized carbons (Fsp3) is 0.882. The molecule has 2 unspecified atom stereocenters. The molecule has 0 aromatic rings. The maximum absolute atomic E-state index is 11.3. The number of rotatable bonds is 8. The zero-order valence-corrected chi connectivity index (χ0v) is 14.8. The Morgan fingerprint density at radius 1 is 1.50 bits per heavy atom. The molecule has 0 aromatic carbocycles. The summed E-state index contributed by atoms with van der Waals surface area (Å²) in [4.78, 5) is 18.2. The summed E-state index contributed by atoms with van der Waals surface area (Å²) in [6.07, 6.45) is 6.66. The Kier molecular flexibility index (Phi) is 7.87. The molecule has 3 N–H and O–H groups in total. The Hall–Kier alpha value is -1.10. The number of likely N-dealkylation sites (tertiary alicyclic amines) is 1. The van der Waals surface area contributed by atoms with Gasteiger partial charge in [-0.15, -0.1) is 0 Å². The Morgan fingerprint density at radius 3 is 2.82 bits per heavy atom. The molecule has 1 aliphatic heterocycles. The van der Waals surface area contributed by atoms with Crippen molar-refractivity contribution in [3.63, 3.8) is 0 Å². The Morgan fingerprint density at radius 2 is 2.23 bits per heavy atom. The number of guanidine groups is 1. The van der Waals surface area contributed by atoms with Crippen LogP contribution in [0.2, 0.25) is 0 Å². The number of nitrogens with zero attached hydrogens (tertiary/aromatic N) is 2. The third-order valence-corrected chi connectivity index (χ3v) is 4.33. The number of carbonyl (C=O) groups is 1. The lowest BCUT2D eigenvalue weighted by molar-refractivity contribution is -0.112. The van der Waals surface area contributed by atoms with E-state index in [0.29, 0.717) is 24.5 Å². The summed E-state index contributed by atoms with van der Waals surface area (Å²) < 4.78 is 0. The van der Waals surface area contributed by atoms with Crippen molar-refractivity contribution in [3.05, 3.63) is 0 Å². The van der Waals surface area contributed by atoms with Gasteiger partial charge in [0.2, 0.25) is 0 Å². The van der Waals surface area contributed by atoms with Crippen LogP contribution >= 0.6 is 0 Å². The molecule has 1 aliphatic rings. The first-order valence-corrected chi connectivity index (χ1v) is 8.65. The molecule has 22 heavy (non-hydrogen) atoms. The van der Waals surface area contributed by atoms with E-state index in [4.69, 9.17) is 5.73 Å². The van der Waals surface area contributed by atoms with Gasteiger partial charge < -0.3 is 20.7 Å².